The summed E-state index contributed by atoms with van der Waals surface area (Å²) in [7, 11) is 1.33. The Morgan fingerprint density at radius 2 is 1.88 bits per heavy atom. The Balaban J connectivity index is 2.19. The third-order valence-electron chi connectivity index (χ3n) is 3.70. The molecule has 2 aromatic carbocycles. The van der Waals surface area contributed by atoms with Gasteiger partial charge >= 0.3 is 5.97 Å². The van der Waals surface area contributed by atoms with E-state index in [1.807, 2.05) is 31.2 Å². The lowest BCUT2D eigenvalue weighted by Crippen LogP contribution is -2.22. The maximum absolute atomic E-state index is 12.5. The summed E-state index contributed by atoms with van der Waals surface area (Å²) in [5.74, 6) is -0.155. The van der Waals surface area contributed by atoms with Crippen LogP contribution in [-0.2, 0) is 16.1 Å². The maximum Gasteiger partial charge on any atom is 0.325 e. The van der Waals surface area contributed by atoms with Crippen molar-refractivity contribution in [3.05, 3.63) is 58.9 Å². The van der Waals surface area contributed by atoms with Crippen molar-refractivity contribution >= 4 is 33.4 Å². The molecule has 0 N–H and O–H groups in total. The highest BCUT2D eigenvalue weighted by Gasteiger charge is 2.15. The van der Waals surface area contributed by atoms with Gasteiger partial charge in [0.1, 0.15) is 17.8 Å². The number of rotatable bonds is 5. The average molecular weight is 370 g/mol. The Morgan fingerprint density at radius 3 is 2.58 bits per heavy atom. The number of fused-ring (bicyclic) bond motifs is 1. The number of thiazole rings is 1. The van der Waals surface area contributed by atoms with E-state index in [9.17, 15) is 9.59 Å². The third kappa shape index (κ3) is 3.67. The molecule has 6 nitrogen and oxygen atoms in total. The molecule has 0 radical (unpaired) electrons. The van der Waals surface area contributed by atoms with Crippen molar-refractivity contribution < 1.29 is 19.1 Å². The van der Waals surface area contributed by atoms with Crippen molar-refractivity contribution in [3.63, 3.8) is 0 Å². The summed E-state index contributed by atoms with van der Waals surface area (Å²) in [6.07, 6.45) is 0. The quantitative estimate of drug-likeness (QED) is 0.648. The lowest BCUT2D eigenvalue weighted by molar-refractivity contribution is -0.141. The molecule has 0 atom stereocenters. The summed E-state index contributed by atoms with van der Waals surface area (Å²) in [5.41, 5.74) is 1.21. The summed E-state index contributed by atoms with van der Waals surface area (Å²) in [6.45, 7) is 2.32. The molecule has 0 aliphatic carbocycles. The molecule has 0 unspecified atom stereocenters. The molecule has 7 heteroatoms. The predicted molar refractivity (Wildman–Crippen MR) is 99.3 cm³/mol. The van der Waals surface area contributed by atoms with Gasteiger partial charge in [-0.3, -0.25) is 9.59 Å². The van der Waals surface area contributed by atoms with Gasteiger partial charge in [-0.2, -0.15) is 4.99 Å². The highest BCUT2D eigenvalue weighted by atomic mass is 32.1. The van der Waals surface area contributed by atoms with Crippen LogP contribution in [-0.4, -0.2) is 30.2 Å². The fourth-order valence-electron chi connectivity index (χ4n) is 2.53. The standard InChI is InChI=1S/C19H18N2O4S/c1-3-25-14-10-7-11-15-17(14)21(12-16(22)24-2)19(26-15)20-18(23)13-8-5-4-6-9-13/h4-11H,3,12H2,1-2H3. The van der Waals surface area contributed by atoms with E-state index in [0.717, 1.165) is 10.2 Å². The van der Waals surface area contributed by atoms with Gasteiger partial charge in [0.05, 0.1) is 18.4 Å². The molecular formula is C19H18N2O4S. The Morgan fingerprint density at radius 1 is 1.12 bits per heavy atom. The molecule has 134 valence electrons. The number of aromatic nitrogens is 1. The van der Waals surface area contributed by atoms with Crippen molar-refractivity contribution in [1.82, 2.24) is 4.57 Å². The SMILES string of the molecule is CCOc1cccc2sc(=NC(=O)c3ccccc3)n(CC(=O)OC)c12. The molecule has 1 amide bonds. The number of esters is 1. The minimum absolute atomic E-state index is 0.0541. The second kappa shape index (κ2) is 7.97. The first-order valence-corrected chi connectivity index (χ1v) is 8.91. The number of carbonyl (C=O) groups is 2. The summed E-state index contributed by atoms with van der Waals surface area (Å²) in [4.78, 5) is 29.0. The topological polar surface area (TPSA) is 69.9 Å². The molecule has 3 rings (SSSR count). The lowest BCUT2D eigenvalue weighted by Gasteiger charge is -2.08. The highest BCUT2D eigenvalue weighted by molar-refractivity contribution is 7.16. The van der Waals surface area contributed by atoms with Gasteiger partial charge in [-0.15, -0.1) is 0 Å². The van der Waals surface area contributed by atoms with Crippen LogP contribution in [0.15, 0.2) is 53.5 Å². The molecule has 1 aromatic heterocycles. The Labute approximate surface area is 154 Å². The monoisotopic (exact) mass is 370 g/mol. The zero-order chi connectivity index (χ0) is 18.5. The van der Waals surface area contributed by atoms with Crippen LogP contribution in [0.1, 0.15) is 17.3 Å². The summed E-state index contributed by atoms with van der Waals surface area (Å²) in [6, 6.07) is 14.4. The zero-order valence-corrected chi connectivity index (χ0v) is 15.3. The first-order valence-electron chi connectivity index (χ1n) is 8.10. The van der Waals surface area contributed by atoms with E-state index in [-0.39, 0.29) is 12.5 Å². The fourth-order valence-corrected chi connectivity index (χ4v) is 3.57. The van der Waals surface area contributed by atoms with Gasteiger partial charge in [-0.25, -0.2) is 0 Å². The van der Waals surface area contributed by atoms with Crippen LogP contribution in [0.25, 0.3) is 10.2 Å². The Kier molecular flexibility index (Phi) is 5.48. The molecule has 1 heterocycles. The van der Waals surface area contributed by atoms with Crippen LogP contribution in [0.4, 0.5) is 0 Å². The van der Waals surface area contributed by atoms with Crippen LogP contribution in [0, 0.1) is 0 Å². The first-order chi connectivity index (χ1) is 12.6. The molecule has 26 heavy (non-hydrogen) atoms. The van der Waals surface area contributed by atoms with Crippen LogP contribution in [0.2, 0.25) is 0 Å². The lowest BCUT2D eigenvalue weighted by atomic mass is 10.2. The molecule has 0 bridgehead atoms. The number of benzene rings is 2. The van der Waals surface area contributed by atoms with Crippen molar-refractivity contribution in [3.8, 4) is 5.75 Å². The number of nitrogens with zero attached hydrogens (tertiary/aromatic N) is 2. The van der Waals surface area contributed by atoms with E-state index in [2.05, 4.69) is 4.99 Å². The minimum Gasteiger partial charge on any atom is -0.492 e. The summed E-state index contributed by atoms with van der Waals surface area (Å²) in [5, 5.41) is 0. The molecular weight excluding hydrogens is 352 g/mol. The first kappa shape index (κ1) is 17.9. The van der Waals surface area contributed by atoms with E-state index in [0.29, 0.717) is 22.7 Å². The van der Waals surface area contributed by atoms with Crippen LogP contribution in [0.5, 0.6) is 5.75 Å². The number of hydrogen-bond donors (Lipinski definition) is 0. The normalized spacial score (nSPS) is 11.5. The van der Waals surface area contributed by atoms with Crippen molar-refractivity contribution in [2.24, 2.45) is 4.99 Å². The summed E-state index contributed by atoms with van der Waals surface area (Å²) >= 11 is 1.33. The van der Waals surface area contributed by atoms with Crippen LogP contribution >= 0.6 is 11.3 Å². The largest absolute Gasteiger partial charge is 0.492 e. The van der Waals surface area contributed by atoms with Gasteiger partial charge in [0.2, 0.25) is 0 Å². The highest BCUT2D eigenvalue weighted by Crippen LogP contribution is 2.27. The van der Waals surface area contributed by atoms with Gasteiger partial charge in [0.15, 0.2) is 4.80 Å². The number of carbonyl (C=O) groups excluding carboxylic acids is 2. The van der Waals surface area contributed by atoms with Gasteiger partial charge in [-0.05, 0) is 31.2 Å². The smallest absolute Gasteiger partial charge is 0.325 e. The number of methoxy groups -OCH3 is 1. The molecule has 0 saturated heterocycles. The molecule has 0 saturated carbocycles. The van der Waals surface area contributed by atoms with Gasteiger partial charge in [0, 0.05) is 5.56 Å². The molecule has 0 spiro atoms. The second-order valence-electron chi connectivity index (χ2n) is 5.37. The van der Waals surface area contributed by atoms with Gasteiger partial charge < -0.3 is 14.0 Å². The fraction of sp³-hybridized carbons (Fsp3) is 0.211. The zero-order valence-electron chi connectivity index (χ0n) is 14.5. The average Bonchev–Trinajstić information content (AvgIpc) is 3.00. The van der Waals surface area contributed by atoms with Gasteiger partial charge in [0.25, 0.3) is 5.91 Å². The maximum atomic E-state index is 12.5. The van der Waals surface area contributed by atoms with Crippen molar-refractivity contribution in [1.29, 1.82) is 0 Å². The molecule has 3 aromatic rings. The van der Waals surface area contributed by atoms with Crippen molar-refractivity contribution in [2.75, 3.05) is 13.7 Å². The third-order valence-corrected chi connectivity index (χ3v) is 4.74. The Bertz CT molecular complexity index is 1010. The van der Waals surface area contributed by atoms with E-state index in [1.54, 1.807) is 28.8 Å². The Hall–Kier alpha value is -2.93. The number of amides is 1. The predicted octanol–water partition coefficient (Wildman–Crippen LogP) is 3.02. The number of hydrogen-bond acceptors (Lipinski definition) is 5. The summed E-state index contributed by atoms with van der Waals surface area (Å²) < 4.78 is 13.0. The second-order valence-corrected chi connectivity index (χ2v) is 6.37. The van der Waals surface area contributed by atoms with E-state index in [1.165, 1.54) is 18.4 Å². The number of para-hydroxylation sites is 1. The molecule has 0 fully saturated rings. The van der Waals surface area contributed by atoms with E-state index >= 15 is 0 Å². The van der Waals surface area contributed by atoms with Crippen LogP contribution in [0.3, 0.4) is 0 Å². The minimum atomic E-state index is -0.426. The van der Waals surface area contributed by atoms with Gasteiger partial charge in [-0.1, -0.05) is 35.6 Å². The van der Waals surface area contributed by atoms with E-state index < -0.39 is 5.97 Å². The van der Waals surface area contributed by atoms with Crippen molar-refractivity contribution in [2.45, 2.75) is 13.5 Å². The molecule has 0 aliphatic heterocycles. The molecule has 0 aliphatic rings. The number of ether oxygens (including phenoxy) is 2. The van der Waals surface area contributed by atoms with E-state index in [4.69, 9.17) is 9.47 Å². The van der Waals surface area contributed by atoms with Crippen LogP contribution < -0.4 is 9.54 Å².